The molecule has 104 valence electrons. The third kappa shape index (κ3) is 3.13. The minimum Gasteiger partial charge on any atom is -0.505 e. The lowest BCUT2D eigenvalue weighted by Crippen LogP contribution is -2.12. The Morgan fingerprint density at radius 3 is 2.40 bits per heavy atom. The Morgan fingerprint density at radius 1 is 1.05 bits per heavy atom. The molecule has 1 amide bonds. The summed E-state index contributed by atoms with van der Waals surface area (Å²) in [5.41, 5.74) is 0.554. The number of halogens is 4. The number of hydrogen-bond donors (Lipinski definition) is 2. The monoisotopic (exact) mass is 349 g/mol. The fourth-order valence-corrected chi connectivity index (χ4v) is 2.34. The number of amides is 1. The molecule has 0 fully saturated rings. The van der Waals surface area contributed by atoms with E-state index in [1.807, 2.05) is 0 Å². The molecule has 0 atom stereocenters. The molecule has 0 aromatic heterocycles. The van der Waals surface area contributed by atoms with Gasteiger partial charge in [0.15, 0.2) is 5.75 Å². The summed E-state index contributed by atoms with van der Waals surface area (Å²) >= 11 is 23.3. The minimum atomic E-state index is -0.424. The van der Waals surface area contributed by atoms with Gasteiger partial charge in [0.25, 0.3) is 5.91 Å². The van der Waals surface area contributed by atoms with Crippen LogP contribution >= 0.6 is 46.4 Å². The van der Waals surface area contributed by atoms with Gasteiger partial charge in [-0.1, -0.05) is 52.5 Å². The summed E-state index contributed by atoms with van der Waals surface area (Å²) in [6.45, 7) is 0. The number of rotatable bonds is 2. The number of carbonyl (C=O) groups is 1. The summed E-state index contributed by atoms with van der Waals surface area (Å²) in [6, 6.07) is 7.72. The molecule has 0 heterocycles. The van der Waals surface area contributed by atoms with E-state index in [2.05, 4.69) is 5.32 Å². The zero-order valence-electron chi connectivity index (χ0n) is 9.75. The number of phenolic OH excluding ortho intramolecular Hbond substituents is 1. The van der Waals surface area contributed by atoms with Gasteiger partial charge in [-0.05, 0) is 24.3 Å². The number of anilines is 1. The highest BCUT2D eigenvalue weighted by Crippen LogP contribution is 2.42. The van der Waals surface area contributed by atoms with Gasteiger partial charge in [0, 0.05) is 10.6 Å². The van der Waals surface area contributed by atoms with Gasteiger partial charge in [0.2, 0.25) is 0 Å². The number of benzene rings is 2. The summed E-state index contributed by atoms with van der Waals surface area (Å²) in [6.07, 6.45) is 0. The summed E-state index contributed by atoms with van der Waals surface area (Å²) < 4.78 is 0. The molecular weight excluding hydrogens is 344 g/mol. The summed E-state index contributed by atoms with van der Waals surface area (Å²) in [5, 5.41) is 12.4. The van der Waals surface area contributed by atoms with E-state index >= 15 is 0 Å². The average Bonchev–Trinajstić information content (AvgIpc) is 2.42. The molecule has 0 spiro atoms. The van der Waals surface area contributed by atoms with Crippen molar-refractivity contribution in [3.05, 3.63) is 56.0 Å². The van der Waals surface area contributed by atoms with Crippen LogP contribution in [0.3, 0.4) is 0 Å². The molecule has 0 aliphatic rings. The topological polar surface area (TPSA) is 49.3 Å². The van der Waals surface area contributed by atoms with E-state index in [0.717, 1.165) is 0 Å². The first-order valence-electron chi connectivity index (χ1n) is 5.33. The molecule has 2 N–H and O–H groups in total. The Hall–Kier alpha value is -1.13. The largest absolute Gasteiger partial charge is 0.505 e. The fraction of sp³-hybridized carbons (Fsp3) is 0. The van der Waals surface area contributed by atoms with Crippen LogP contribution in [0, 0.1) is 0 Å². The highest BCUT2D eigenvalue weighted by molar-refractivity contribution is 6.46. The molecule has 20 heavy (non-hydrogen) atoms. The Morgan fingerprint density at radius 2 is 1.75 bits per heavy atom. The Labute approximate surface area is 135 Å². The molecule has 0 radical (unpaired) electrons. The zero-order valence-corrected chi connectivity index (χ0v) is 12.8. The van der Waals surface area contributed by atoms with Crippen LogP contribution in [0.5, 0.6) is 5.75 Å². The maximum atomic E-state index is 12.0. The van der Waals surface area contributed by atoms with Gasteiger partial charge in [0.1, 0.15) is 5.02 Å². The molecule has 2 rings (SSSR count). The van der Waals surface area contributed by atoms with Gasteiger partial charge in [-0.3, -0.25) is 4.79 Å². The third-order valence-electron chi connectivity index (χ3n) is 2.47. The van der Waals surface area contributed by atoms with E-state index in [9.17, 15) is 9.90 Å². The highest BCUT2D eigenvalue weighted by atomic mass is 35.5. The standard InChI is InChI=1S/C13H7Cl4NO2/c14-7-3-1-2-6(4-7)13(20)18-9-5-8(15)12(19)11(17)10(9)16/h1-5,19H,(H,18,20). The van der Waals surface area contributed by atoms with E-state index in [-0.39, 0.29) is 26.5 Å². The van der Waals surface area contributed by atoms with E-state index < -0.39 is 5.91 Å². The van der Waals surface area contributed by atoms with Crippen LogP contribution in [0.2, 0.25) is 20.1 Å². The smallest absolute Gasteiger partial charge is 0.255 e. The van der Waals surface area contributed by atoms with Crippen molar-refractivity contribution in [1.82, 2.24) is 0 Å². The SMILES string of the molecule is O=C(Nc1cc(Cl)c(O)c(Cl)c1Cl)c1cccc(Cl)c1. The highest BCUT2D eigenvalue weighted by Gasteiger charge is 2.16. The van der Waals surface area contributed by atoms with Crippen molar-refractivity contribution in [1.29, 1.82) is 0 Å². The van der Waals surface area contributed by atoms with Crippen molar-refractivity contribution in [3.63, 3.8) is 0 Å². The Kier molecular flexibility index (Phi) is 4.66. The van der Waals surface area contributed by atoms with Gasteiger partial charge < -0.3 is 10.4 Å². The molecule has 2 aromatic carbocycles. The second-order valence-electron chi connectivity index (χ2n) is 3.85. The second-order valence-corrected chi connectivity index (χ2v) is 5.45. The second kappa shape index (κ2) is 6.10. The molecular formula is C13H7Cl4NO2. The average molecular weight is 351 g/mol. The Bertz CT molecular complexity index is 688. The molecule has 3 nitrogen and oxygen atoms in total. The van der Waals surface area contributed by atoms with Crippen molar-refractivity contribution in [2.45, 2.75) is 0 Å². The van der Waals surface area contributed by atoms with E-state index in [4.69, 9.17) is 46.4 Å². The maximum absolute atomic E-state index is 12.0. The van der Waals surface area contributed by atoms with Crippen LogP contribution < -0.4 is 5.32 Å². The van der Waals surface area contributed by atoms with Gasteiger partial charge in [-0.2, -0.15) is 0 Å². The normalized spacial score (nSPS) is 10.4. The molecule has 0 bridgehead atoms. The fourth-order valence-electron chi connectivity index (χ4n) is 1.50. The van der Waals surface area contributed by atoms with Crippen molar-refractivity contribution in [3.8, 4) is 5.75 Å². The molecule has 0 saturated heterocycles. The predicted octanol–water partition coefficient (Wildman–Crippen LogP) is 5.26. The van der Waals surface area contributed by atoms with Crippen LogP contribution in [0.1, 0.15) is 10.4 Å². The molecule has 0 unspecified atom stereocenters. The zero-order chi connectivity index (χ0) is 14.9. The van der Waals surface area contributed by atoms with Gasteiger partial charge in [-0.15, -0.1) is 0 Å². The van der Waals surface area contributed by atoms with Crippen LogP contribution in [-0.2, 0) is 0 Å². The lowest BCUT2D eigenvalue weighted by Gasteiger charge is -2.11. The molecule has 7 heteroatoms. The summed E-state index contributed by atoms with van der Waals surface area (Å²) in [7, 11) is 0. The van der Waals surface area contributed by atoms with Gasteiger partial charge >= 0.3 is 0 Å². The van der Waals surface area contributed by atoms with Crippen LogP contribution in [0.25, 0.3) is 0 Å². The van der Waals surface area contributed by atoms with Crippen LogP contribution in [0.15, 0.2) is 30.3 Å². The molecule has 0 saturated carbocycles. The van der Waals surface area contributed by atoms with Crippen LogP contribution in [0.4, 0.5) is 5.69 Å². The number of aromatic hydroxyl groups is 1. The first kappa shape index (κ1) is 15.3. The summed E-state index contributed by atoms with van der Waals surface area (Å²) in [5.74, 6) is -0.758. The lowest BCUT2D eigenvalue weighted by atomic mass is 10.2. The predicted molar refractivity (Wildman–Crippen MR) is 82.5 cm³/mol. The number of nitrogens with one attached hydrogen (secondary N) is 1. The molecule has 0 aliphatic carbocycles. The van der Waals surface area contributed by atoms with E-state index in [0.29, 0.717) is 10.6 Å². The van der Waals surface area contributed by atoms with Gasteiger partial charge in [0.05, 0.1) is 15.7 Å². The first-order valence-corrected chi connectivity index (χ1v) is 6.84. The van der Waals surface area contributed by atoms with Crippen molar-refractivity contribution in [2.75, 3.05) is 5.32 Å². The lowest BCUT2D eigenvalue weighted by molar-refractivity contribution is 0.102. The number of phenols is 1. The number of hydrogen-bond acceptors (Lipinski definition) is 2. The Balaban J connectivity index is 2.33. The van der Waals surface area contributed by atoms with Crippen LogP contribution in [-0.4, -0.2) is 11.0 Å². The molecule has 2 aromatic rings. The first-order chi connectivity index (χ1) is 9.40. The maximum Gasteiger partial charge on any atom is 0.255 e. The van der Waals surface area contributed by atoms with E-state index in [1.54, 1.807) is 18.2 Å². The van der Waals surface area contributed by atoms with Gasteiger partial charge in [-0.25, -0.2) is 0 Å². The van der Waals surface area contributed by atoms with Crippen molar-refractivity contribution >= 4 is 58.0 Å². The summed E-state index contributed by atoms with van der Waals surface area (Å²) in [4.78, 5) is 12.0. The van der Waals surface area contributed by atoms with E-state index in [1.165, 1.54) is 12.1 Å². The van der Waals surface area contributed by atoms with Crippen molar-refractivity contribution in [2.24, 2.45) is 0 Å². The minimum absolute atomic E-state index is 0.00365. The quantitative estimate of drug-likeness (QED) is 0.573. The third-order valence-corrected chi connectivity index (χ3v) is 3.85. The number of carbonyl (C=O) groups excluding carboxylic acids is 1. The van der Waals surface area contributed by atoms with Crippen molar-refractivity contribution < 1.29 is 9.90 Å². The molecule has 0 aliphatic heterocycles.